The minimum Gasteiger partial charge on any atom is -0.466 e. The highest BCUT2D eigenvalue weighted by atomic mass is 35.5. The largest absolute Gasteiger partial charge is 0.466 e. The maximum atomic E-state index is 12.0. The molecular formula is C20H20ClN3O2. The van der Waals surface area contributed by atoms with Gasteiger partial charge in [0.15, 0.2) is 0 Å². The van der Waals surface area contributed by atoms with Crippen molar-refractivity contribution in [2.75, 3.05) is 13.2 Å². The molecule has 0 aliphatic carbocycles. The molecule has 0 unspecified atom stereocenters. The van der Waals surface area contributed by atoms with E-state index in [-0.39, 0.29) is 12.4 Å². The van der Waals surface area contributed by atoms with Crippen LogP contribution in [0.5, 0.6) is 0 Å². The van der Waals surface area contributed by atoms with Gasteiger partial charge in [-0.15, -0.1) is 0 Å². The Kier molecular flexibility index (Phi) is 5.81. The van der Waals surface area contributed by atoms with Gasteiger partial charge >= 0.3 is 5.97 Å². The van der Waals surface area contributed by atoms with Gasteiger partial charge in [-0.2, -0.15) is 0 Å². The fourth-order valence-electron chi connectivity index (χ4n) is 2.87. The fraction of sp³-hybridized carbons (Fsp3) is 0.250. The lowest BCUT2D eigenvalue weighted by Crippen LogP contribution is -2.11. The molecule has 0 amide bonds. The van der Waals surface area contributed by atoms with Gasteiger partial charge in [-0.1, -0.05) is 41.9 Å². The second-order valence-corrected chi connectivity index (χ2v) is 6.27. The van der Waals surface area contributed by atoms with Crippen LogP contribution in [0.3, 0.4) is 0 Å². The van der Waals surface area contributed by atoms with E-state index in [9.17, 15) is 4.79 Å². The summed E-state index contributed by atoms with van der Waals surface area (Å²) >= 11 is 6.32. The zero-order valence-electron chi connectivity index (χ0n) is 14.5. The number of nitrogens with zero attached hydrogens (tertiary/aromatic N) is 2. The summed E-state index contributed by atoms with van der Waals surface area (Å²) in [6.07, 6.45) is 0.662. The van der Waals surface area contributed by atoms with E-state index in [0.717, 1.165) is 22.2 Å². The summed E-state index contributed by atoms with van der Waals surface area (Å²) in [6.45, 7) is 2.56. The van der Waals surface area contributed by atoms with E-state index >= 15 is 0 Å². The molecule has 0 bridgehead atoms. The first-order chi connectivity index (χ1) is 12.6. The molecule has 0 aliphatic rings. The molecule has 0 saturated carbocycles. The van der Waals surface area contributed by atoms with Crippen molar-refractivity contribution in [3.63, 3.8) is 0 Å². The molecule has 6 heteroatoms. The van der Waals surface area contributed by atoms with E-state index in [2.05, 4.69) is 4.98 Å². The summed E-state index contributed by atoms with van der Waals surface area (Å²) in [7, 11) is 0. The second-order valence-electron chi connectivity index (χ2n) is 5.84. The highest BCUT2D eigenvalue weighted by Gasteiger charge is 2.16. The van der Waals surface area contributed by atoms with Crippen molar-refractivity contribution in [2.24, 2.45) is 5.73 Å². The van der Waals surface area contributed by atoms with Crippen molar-refractivity contribution in [2.45, 2.75) is 19.8 Å². The first-order valence-corrected chi connectivity index (χ1v) is 8.90. The van der Waals surface area contributed by atoms with Crippen molar-refractivity contribution in [3.8, 4) is 11.3 Å². The molecule has 0 atom stereocenters. The highest BCUT2D eigenvalue weighted by Crippen LogP contribution is 2.31. The normalized spacial score (nSPS) is 10.9. The molecule has 0 spiro atoms. The number of esters is 1. The van der Waals surface area contributed by atoms with Crippen molar-refractivity contribution in [1.29, 1.82) is 0 Å². The molecule has 134 valence electrons. The Labute approximate surface area is 157 Å². The summed E-state index contributed by atoms with van der Waals surface area (Å²) in [5.74, 6) is 0.336. The zero-order chi connectivity index (χ0) is 18.5. The molecule has 1 aromatic heterocycles. The summed E-state index contributed by atoms with van der Waals surface area (Å²) in [5.41, 5.74) is 8.88. The SMILES string of the molecule is CCOC(=O)Cc1cc(Cl)cc2c(-c3ccccc3)nc(CCN)nc12. The fourth-order valence-corrected chi connectivity index (χ4v) is 3.11. The topological polar surface area (TPSA) is 78.1 Å². The summed E-state index contributed by atoms with van der Waals surface area (Å²) in [5, 5.41) is 1.34. The molecule has 0 fully saturated rings. The van der Waals surface area contributed by atoms with Crippen LogP contribution in [0.2, 0.25) is 5.02 Å². The van der Waals surface area contributed by atoms with E-state index < -0.39 is 0 Å². The second kappa shape index (κ2) is 8.25. The van der Waals surface area contributed by atoms with E-state index in [4.69, 9.17) is 27.1 Å². The van der Waals surface area contributed by atoms with Crippen LogP contribution < -0.4 is 5.73 Å². The van der Waals surface area contributed by atoms with Crippen molar-refractivity contribution in [1.82, 2.24) is 9.97 Å². The van der Waals surface area contributed by atoms with E-state index in [1.54, 1.807) is 13.0 Å². The molecule has 2 aromatic carbocycles. The quantitative estimate of drug-likeness (QED) is 0.672. The maximum absolute atomic E-state index is 12.0. The summed E-state index contributed by atoms with van der Waals surface area (Å²) in [4.78, 5) is 21.3. The number of ether oxygens (including phenoxy) is 1. The number of aromatic nitrogens is 2. The lowest BCUT2D eigenvalue weighted by Gasteiger charge is -2.12. The molecular weight excluding hydrogens is 350 g/mol. The van der Waals surface area contributed by atoms with E-state index in [1.807, 2.05) is 36.4 Å². The predicted octanol–water partition coefficient (Wildman–Crippen LogP) is 3.56. The van der Waals surface area contributed by atoms with Gasteiger partial charge in [0.05, 0.1) is 24.2 Å². The lowest BCUT2D eigenvalue weighted by molar-refractivity contribution is -0.142. The average Bonchev–Trinajstić information content (AvgIpc) is 2.63. The molecule has 2 N–H and O–H groups in total. The summed E-state index contributed by atoms with van der Waals surface area (Å²) < 4.78 is 5.08. The maximum Gasteiger partial charge on any atom is 0.310 e. The molecule has 0 saturated heterocycles. The third-order valence-corrected chi connectivity index (χ3v) is 4.16. The predicted molar refractivity (Wildman–Crippen MR) is 103 cm³/mol. The Balaban J connectivity index is 2.23. The Morgan fingerprint density at radius 2 is 1.96 bits per heavy atom. The third-order valence-electron chi connectivity index (χ3n) is 3.95. The van der Waals surface area contributed by atoms with Crippen LogP contribution in [0.4, 0.5) is 0 Å². The van der Waals surface area contributed by atoms with Gasteiger partial charge in [-0.25, -0.2) is 9.97 Å². The van der Waals surface area contributed by atoms with Gasteiger partial charge in [0, 0.05) is 22.4 Å². The van der Waals surface area contributed by atoms with Gasteiger partial charge in [0.25, 0.3) is 0 Å². The van der Waals surface area contributed by atoms with Crippen LogP contribution in [0, 0.1) is 0 Å². The van der Waals surface area contributed by atoms with Crippen molar-refractivity contribution < 1.29 is 9.53 Å². The minimum atomic E-state index is -0.309. The molecule has 5 nitrogen and oxygen atoms in total. The number of carbonyl (C=O) groups is 1. The van der Waals surface area contributed by atoms with E-state index in [1.165, 1.54) is 0 Å². The Hall–Kier alpha value is -2.50. The van der Waals surface area contributed by atoms with Gasteiger partial charge in [0.2, 0.25) is 0 Å². The number of benzene rings is 2. The number of carbonyl (C=O) groups excluding carboxylic acids is 1. The van der Waals surface area contributed by atoms with Crippen molar-refractivity contribution in [3.05, 3.63) is 58.9 Å². The van der Waals surface area contributed by atoms with Crippen LogP contribution in [0.15, 0.2) is 42.5 Å². The molecule has 0 aliphatic heterocycles. The lowest BCUT2D eigenvalue weighted by atomic mass is 10.0. The van der Waals surface area contributed by atoms with Crippen LogP contribution >= 0.6 is 11.6 Å². The van der Waals surface area contributed by atoms with Gasteiger partial charge in [0.1, 0.15) is 5.82 Å². The highest BCUT2D eigenvalue weighted by molar-refractivity contribution is 6.31. The first kappa shape index (κ1) is 18.3. The standard InChI is InChI=1S/C20H20ClN3O2/c1-2-26-18(25)11-14-10-15(21)12-16-19(13-6-4-3-5-7-13)23-17(8-9-22)24-20(14)16/h3-7,10,12H,2,8-9,11,22H2,1H3. The number of halogens is 1. The van der Waals surface area contributed by atoms with E-state index in [0.29, 0.717) is 35.9 Å². The number of fused-ring (bicyclic) bond motifs is 1. The van der Waals surface area contributed by atoms with Crippen LogP contribution in [-0.4, -0.2) is 29.1 Å². The number of nitrogens with two attached hydrogens (primary N) is 1. The average molecular weight is 370 g/mol. The Morgan fingerprint density at radius 1 is 1.19 bits per heavy atom. The first-order valence-electron chi connectivity index (χ1n) is 8.52. The number of rotatable bonds is 6. The van der Waals surface area contributed by atoms with Crippen LogP contribution in [0.1, 0.15) is 18.3 Å². The smallest absolute Gasteiger partial charge is 0.310 e. The monoisotopic (exact) mass is 369 g/mol. The van der Waals surface area contributed by atoms with Crippen LogP contribution in [0.25, 0.3) is 22.2 Å². The van der Waals surface area contributed by atoms with Gasteiger partial charge in [-0.3, -0.25) is 4.79 Å². The zero-order valence-corrected chi connectivity index (χ0v) is 15.3. The molecule has 3 rings (SSSR count). The minimum absolute atomic E-state index is 0.109. The van der Waals surface area contributed by atoms with Crippen LogP contribution in [-0.2, 0) is 22.4 Å². The number of hydrogen-bond acceptors (Lipinski definition) is 5. The molecule has 1 heterocycles. The molecule has 3 aromatic rings. The van der Waals surface area contributed by atoms with Crippen molar-refractivity contribution >= 4 is 28.5 Å². The third kappa shape index (κ3) is 4.00. The Bertz CT molecular complexity index is 929. The summed E-state index contributed by atoms with van der Waals surface area (Å²) in [6, 6.07) is 13.4. The molecule has 0 radical (unpaired) electrons. The Morgan fingerprint density at radius 3 is 2.65 bits per heavy atom. The van der Waals surface area contributed by atoms with Gasteiger partial charge in [-0.05, 0) is 31.2 Å². The number of hydrogen-bond donors (Lipinski definition) is 1. The molecule has 26 heavy (non-hydrogen) atoms. The van der Waals surface area contributed by atoms with Gasteiger partial charge < -0.3 is 10.5 Å².